The van der Waals surface area contributed by atoms with E-state index in [1.54, 1.807) is 29.1 Å². The number of aromatic carboxylic acids is 1. The molecular weight excluding hydrogens is 287 g/mol. The Hall–Kier alpha value is -2.89. The van der Waals surface area contributed by atoms with Crippen molar-refractivity contribution >= 4 is 22.7 Å². The van der Waals surface area contributed by atoms with Gasteiger partial charge in [-0.2, -0.15) is 0 Å². The van der Waals surface area contributed by atoms with E-state index in [-0.39, 0.29) is 18.0 Å². The number of carboxylic acids is 1. The van der Waals surface area contributed by atoms with Gasteiger partial charge in [0.15, 0.2) is 5.69 Å². The maximum Gasteiger partial charge on any atom is 0.354 e. The average molecular weight is 300 g/mol. The molecule has 0 spiro atoms. The van der Waals surface area contributed by atoms with E-state index in [0.29, 0.717) is 16.6 Å². The van der Waals surface area contributed by atoms with Crippen LogP contribution in [-0.2, 0) is 11.3 Å². The summed E-state index contributed by atoms with van der Waals surface area (Å²) in [5, 5.41) is 10.0. The molecule has 6 heteroatoms. The van der Waals surface area contributed by atoms with Crippen molar-refractivity contribution in [2.45, 2.75) is 13.5 Å². The van der Waals surface area contributed by atoms with E-state index in [2.05, 4.69) is 0 Å². The lowest BCUT2D eigenvalue weighted by Crippen LogP contribution is -2.14. The van der Waals surface area contributed by atoms with E-state index in [0.717, 1.165) is 0 Å². The van der Waals surface area contributed by atoms with Gasteiger partial charge in [-0.05, 0) is 37.3 Å². The molecule has 0 aliphatic heterocycles. The molecule has 1 N–H and O–H groups in total. The smallest absolute Gasteiger partial charge is 0.354 e. The van der Waals surface area contributed by atoms with Gasteiger partial charge < -0.3 is 14.2 Å². The largest absolute Gasteiger partial charge is 0.477 e. The van der Waals surface area contributed by atoms with E-state index in [1.807, 2.05) is 0 Å². The van der Waals surface area contributed by atoms with E-state index in [1.165, 1.54) is 29.7 Å². The Morgan fingerprint density at radius 3 is 2.50 bits per heavy atom. The van der Waals surface area contributed by atoms with Crippen molar-refractivity contribution < 1.29 is 19.1 Å². The summed E-state index contributed by atoms with van der Waals surface area (Å²) in [5.74, 6) is -1.80. The van der Waals surface area contributed by atoms with Crippen molar-refractivity contribution in [2.24, 2.45) is 0 Å². The van der Waals surface area contributed by atoms with Crippen LogP contribution in [0.2, 0.25) is 0 Å². The second-order valence-corrected chi connectivity index (χ2v) is 5.04. The molecule has 0 aliphatic rings. The molecule has 3 rings (SSSR count). The van der Waals surface area contributed by atoms with Gasteiger partial charge in [0.2, 0.25) is 0 Å². The Bertz CT molecular complexity index is 879. The number of hydrogen-bond donors (Lipinski definition) is 1. The van der Waals surface area contributed by atoms with Crippen LogP contribution in [0, 0.1) is 5.82 Å². The van der Waals surface area contributed by atoms with E-state index < -0.39 is 11.8 Å². The molecule has 2 aromatic heterocycles. The minimum Gasteiger partial charge on any atom is -0.477 e. The van der Waals surface area contributed by atoms with Crippen molar-refractivity contribution in [3.8, 4) is 5.69 Å². The SMILES string of the molecule is CC(=O)Cn1c(C(=O)O)c(-n2cccc2)c2cc(F)ccc21. The van der Waals surface area contributed by atoms with Crippen molar-refractivity contribution in [3.05, 3.63) is 54.2 Å². The van der Waals surface area contributed by atoms with E-state index >= 15 is 0 Å². The minimum absolute atomic E-state index is 0.0352. The highest BCUT2D eigenvalue weighted by Crippen LogP contribution is 2.30. The summed E-state index contributed by atoms with van der Waals surface area (Å²) >= 11 is 0. The molecule has 2 heterocycles. The number of aromatic nitrogens is 2. The lowest BCUT2D eigenvalue weighted by Gasteiger charge is -2.07. The standard InChI is InChI=1S/C16H13FN2O3/c1-10(20)9-19-13-5-4-11(17)8-12(13)14(15(19)16(21)22)18-6-2-3-7-18/h2-8H,9H2,1H3,(H,21,22). The quantitative estimate of drug-likeness (QED) is 0.805. The number of halogens is 1. The minimum atomic E-state index is -1.17. The van der Waals surface area contributed by atoms with Crippen molar-refractivity contribution in [1.29, 1.82) is 0 Å². The van der Waals surface area contributed by atoms with Crippen LogP contribution in [0.15, 0.2) is 42.7 Å². The van der Waals surface area contributed by atoms with Gasteiger partial charge in [0.1, 0.15) is 11.6 Å². The maximum atomic E-state index is 13.6. The zero-order valence-electron chi connectivity index (χ0n) is 11.8. The lowest BCUT2D eigenvalue weighted by atomic mass is 10.2. The number of carbonyl (C=O) groups excluding carboxylic acids is 1. The van der Waals surface area contributed by atoms with Crippen LogP contribution in [0.3, 0.4) is 0 Å². The topological polar surface area (TPSA) is 64.2 Å². The fraction of sp³-hybridized carbons (Fsp3) is 0.125. The number of rotatable bonds is 4. The van der Waals surface area contributed by atoms with Gasteiger partial charge in [-0.1, -0.05) is 0 Å². The summed E-state index contributed by atoms with van der Waals surface area (Å²) in [5.41, 5.74) is 0.831. The van der Waals surface area contributed by atoms with Crippen LogP contribution in [0.4, 0.5) is 4.39 Å². The van der Waals surface area contributed by atoms with Crippen molar-refractivity contribution in [3.63, 3.8) is 0 Å². The molecule has 22 heavy (non-hydrogen) atoms. The van der Waals surface area contributed by atoms with Gasteiger partial charge in [0, 0.05) is 17.8 Å². The van der Waals surface area contributed by atoms with Crippen LogP contribution in [0.25, 0.3) is 16.6 Å². The van der Waals surface area contributed by atoms with Crippen LogP contribution >= 0.6 is 0 Å². The second-order valence-electron chi connectivity index (χ2n) is 5.04. The predicted molar refractivity (Wildman–Crippen MR) is 78.9 cm³/mol. The van der Waals surface area contributed by atoms with Crippen LogP contribution in [-0.4, -0.2) is 26.0 Å². The molecular formula is C16H13FN2O3. The third-order valence-electron chi connectivity index (χ3n) is 3.44. The first kappa shape index (κ1) is 14.1. The number of benzene rings is 1. The number of carboxylic acid groups (broad SMARTS) is 1. The Balaban J connectivity index is 2.45. The molecule has 0 unspecified atom stereocenters. The second kappa shape index (κ2) is 5.14. The van der Waals surface area contributed by atoms with Gasteiger partial charge in [-0.3, -0.25) is 4.79 Å². The fourth-order valence-corrected chi connectivity index (χ4v) is 2.66. The highest BCUT2D eigenvalue weighted by molar-refractivity contribution is 6.03. The Morgan fingerprint density at radius 1 is 1.23 bits per heavy atom. The molecule has 0 atom stereocenters. The fourth-order valence-electron chi connectivity index (χ4n) is 2.66. The molecule has 5 nitrogen and oxygen atoms in total. The van der Waals surface area contributed by atoms with Crippen LogP contribution < -0.4 is 0 Å². The monoisotopic (exact) mass is 300 g/mol. The summed E-state index contributed by atoms with van der Waals surface area (Å²) in [6, 6.07) is 7.53. The van der Waals surface area contributed by atoms with E-state index in [4.69, 9.17) is 0 Å². The summed E-state index contributed by atoms with van der Waals surface area (Å²) in [6.07, 6.45) is 3.37. The summed E-state index contributed by atoms with van der Waals surface area (Å²) in [6.45, 7) is 1.31. The van der Waals surface area contributed by atoms with Crippen LogP contribution in [0.1, 0.15) is 17.4 Å². The Labute approximate surface area is 125 Å². The molecule has 0 amide bonds. The molecule has 0 radical (unpaired) electrons. The first-order valence-electron chi connectivity index (χ1n) is 6.67. The highest BCUT2D eigenvalue weighted by atomic mass is 19.1. The number of ketones is 1. The van der Waals surface area contributed by atoms with Crippen molar-refractivity contribution in [2.75, 3.05) is 0 Å². The number of fused-ring (bicyclic) bond motifs is 1. The third kappa shape index (κ3) is 2.18. The van der Waals surface area contributed by atoms with Crippen molar-refractivity contribution in [1.82, 2.24) is 9.13 Å². The zero-order valence-corrected chi connectivity index (χ0v) is 11.8. The normalized spacial score (nSPS) is 11.0. The molecule has 0 saturated carbocycles. The average Bonchev–Trinajstić information content (AvgIpc) is 3.04. The number of hydrogen-bond acceptors (Lipinski definition) is 2. The first-order chi connectivity index (χ1) is 10.5. The first-order valence-corrected chi connectivity index (χ1v) is 6.67. The molecule has 3 aromatic rings. The van der Waals surface area contributed by atoms with Gasteiger partial charge in [0.25, 0.3) is 0 Å². The predicted octanol–water partition coefficient (Wildman–Crippen LogP) is 2.86. The molecule has 112 valence electrons. The Morgan fingerprint density at radius 2 is 1.91 bits per heavy atom. The number of carbonyl (C=O) groups is 2. The zero-order chi connectivity index (χ0) is 15.9. The summed E-state index contributed by atoms with van der Waals surface area (Å²) in [4.78, 5) is 23.2. The van der Waals surface area contributed by atoms with E-state index in [9.17, 15) is 19.1 Å². The summed E-state index contributed by atoms with van der Waals surface area (Å²) < 4.78 is 16.7. The van der Waals surface area contributed by atoms with Gasteiger partial charge in [-0.15, -0.1) is 0 Å². The van der Waals surface area contributed by atoms with Gasteiger partial charge in [-0.25, -0.2) is 9.18 Å². The number of nitrogens with zero attached hydrogens (tertiary/aromatic N) is 2. The lowest BCUT2D eigenvalue weighted by molar-refractivity contribution is -0.117. The Kier molecular flexibility index (Phi) is 3.29. The maximum absolute atomic E-state index is 13.6. The van der Waals surface area contributed by atoms with Gasteiger partial charge in [0.05, 0.1) is 17.7 Å². The molecule has 0 fully saturated rings. The molecule has 0 aliphatic carbocycles. The molecule has 0 bridgehead atoms. The third-order valence-corrected chi connectivity index (χ3v) is 3.44. The highest BCUT2D eigenvalue weighted by Gasteiger charge is 2.24. The molecule has 1 aromatic carbocycles. The van der Waals surface area contributed by atoms with Gasteiger partial charge >= 0.3 is 5.97 Å². The summed E-state index contributed by atoms with van der Waals surface area (Å²) in [7, 11) is 0. The number of Topliss-reactive ketones (excluding diaryl/α,β-unsaturated/α-hetero) is 1. The van der Waals surface area contributed by atoms with Crippen LogP contribution in [0.5, 0.6) is 0 Å². The molecule has 0 saturated heterocycles.